The predicted octanol–water partition coefficient (Wildman–Crippen LogP) is 3.16. The minimum absolute atomic E-state index is 0.000187. The molecule has 1 aromatic carbocycles. The molecule has 0 spiro atoms. The quantitative estimate of drug-likeness (QED) is 0.346. The Hall–Kier alpha value is -3.36. The number of benzene rings is 1. The monoisotopic (exact) mass is 445 g/mol. The summed E-state index contributed by atoms with van der Waals surface area (Å²) >= 11 is 0. The molecule has 0 aliphatic carbocycles. The van der Waals surface area contributed by atoms with Crippen LogP contribution in [0, 0.1) is 5.92 Å². The molecule has 0 aliphatic heterocycles. The zero-order valence-corrected chi connectivity index (χ0v) is 19.1. The second-order valence-electron chi connectivity index (χ2n) is 8.92. The maximum Gasteiger partial charge on any atom is 0.407 e. The number of alkyl carbamates (subject to hydrolysis) is 1. The number of nitrogens with zero attached hydrogens (tertiary/aromatic N) is 1. The smallest absolute Gasteiger partial charge is 0.407 e. The number of carbonyl (C=O) groups is 3. The van der Waals surface area contributed by atoms with E-state index in [9.17, 15) is 14.4 Å². The van der Waals surface area contributed by atoms with E-state index in [1.165, 1.54) is 6.20 Å². The molecule has 2 aromatic rings. The van der Waals surface area contributed by atoms with Gasteiger partial charge in [0, 0.05) is 18.8 Å². The van der Waals surface area contributed by atoms with E-state index in [-0.39, 0.29) is 19.6 Å². The normalized spacial score (nSPS) is 12.5. The van der Waals surface area contributed by atoms with Crippen LogP contribution in [0.2, 0.25) is 0 Å². The molecule has 1 unspecified atom stereocenters. The van der Waals surface area contributed by atoms with Crippen molar-refractivity contribution in [3.63, 3.8) is 0 Å². The average molecular weight is 446 g/mol. The van der Waals surface area contributed by atoms with Crippen molar-refractivity contribution in [2.45, 2.75) is 58.8 Å². The standard InChI is InChI=1S/C23H31N3O6/c1-22(2,3)32-21(29)26-15-23(4,5)31-20(28)17(13-18-24-11-12-25-18)19(27)30-14-16-9-7-6-8-10-16/h6-12,17H,13-15H2,1-5H3,(H,24,25)(H,26,29). The second-order valence-corrected chi connectivity index (χ2v) is 8.92. The Morgan fingerprint density at radius 3 is 2.31 bits per heavy atom. The van der Waals surface area contributed by atoms with Gasteiger partial charge < -0.3 is 24.5 Å². The van der Waals surface area contributed by atoms with Crippen LogP contribution in [0.15, 0.2) is 42.7 Å². The van der Waals surface area contributed by atoms with E-state index in [1.807, 2.05) is 30.3 Å². The van der Waals surface area contributed by atoms with E-state index in [0.29, 0.717) is 5.82 Å². The minimum Gasteiger partial charge on any atom is -0.460 e. The van der Waals surface area contributed by atoms with Crippen molar-refractivity contribution in [3.05, 3.63) is 54.1 Å². The molecule has 1 atom stereocenters. The summed E-state index contributed by atoms with van der Waals surface area (Å²) < 4.78 is 16.1. The first-order chi connectivity index (χ1) is 15.0. The molecule has 0 aliphatic rings. The maximum atomic E-state index is 12.9. The number of aromatic nitrogens is 2. The first-order valence-electron chi connectivity index (χ1n) is 10.3. The van der Waals surface area contributed by atoms with Gasteiger partial charge in [0.1, 0.15) is 23.6 Å². The summed E-state index contributed by atoms with van der Waals surface area (Å²) in [6.45, 7) is 8.53. The topological polar surface area (TPSA) is 120 Å². The molecule has 0 radical (unpaired) electrons. The van der Waals surface area contributed by atoms with Gasteiger partial charge in [-0.15, -0.1) is 0 Å². The molecule has 2 N–H and O–H groups in total. The van der Waals surface area contributed by atoms with Gasteiger partial charge in [-0.2, -0.15) is 0 Å². The molecule has 2 rings (SSSR count). The van der Waals surface area contributed by atoms with Crippen LogP contribution < -0.4 is 5.32 Å². The fraction of sp³-hybridized carbons (Fsp3) is 0.478. The Morgan fingerprint density at radius 2 is 1.72 bits per heavy atom. The fourth-order valence-corrected chi connectivity index (χ4v) is 2.67. The number of amides is 1. The number of H-pyrrole nitrogens is 1. The summed E-state index contributed by atoms with van der Waals surface area (Å²) in [6.07, 6.45) is 2.49. The molecule has 1 aromatic heterocycles. The van der Waals surface area contributed by atoms with Gasteiger partial charge in [-0.05, 0) is 40.2 Å². The summed E-state index contributed by atoms with van der Waals surface area (Å²) in [7, 11) is 0. The molecule has 0 fully saturated rings. The molecule has 0 saturated heterocycles. The summed E-state index contributed by atoms with van der Waals surface area (Å²) in [5.41, 5.74) is -0.940. The number of nitrogens with one attached hydrogen (secondary N) is 2. The Kier molecular flexibility index (Phi) is 8.40. The summed E-state index contributed by atoms with van der Waals surface area (Å²) in [5.74, 6) is -2.25. The Bertz CT molecular complexity index is 888. The van der Waals surface area contributed by atoms with Crippen LogP contribution in [0.3, 0.4) is 0 Å². The number of carbonyl (C=O) groups excluding carboxylic acids is 3. The number of hydrogen-bond donors (Lipinski definition) is 2. The molecular weight excluding hydrogens is 414 g/mol. The van der Waals surface area contributed by atoms with E-state index in [1.54, 1.807) is 40.8 Å². The predicted molar refractivity (Wildman–Crippen MR) is 116 cm³/mol. The van der Waals surface area contributed by atoms with Crippen molar-refractivity contribution in [3.8, 4) is 0 Å². The highest BCUT2D eigenvalue weighted by atomic mass is 16.6. The van der Waals surface area contributed by atoms with Crippen molar-refractivity contribution in [2.75, 3.05) is 6.54 Å². The van der Waals surface area contributed by atoms with Gasteiger partial charge in [0.05, 0.1) is 6.54 Å². The maximum absolute atomic E-state index is 12.9. The molecule has 0 bridgehead atoms. The number of esters is 2. The van der Waals surface area contributed by atoms with Gasteiger partial charge in [0.15, 0.2) is 5.92 Å². The molecular formula is C23H31N3O6. The van der Waals surface area contributed by atoms with Crippen molar-refractivity contribution in [1.29, 1.82) is 0 Å². The van der Waals surface area contributed by atoms with E-state index in [2.05, 4.69) is 15.3 Å². The third-order valence-electron chi connectivity index (χ3n) is 4.18. The van der Waals surface area contributed by atoms with Crippen LogP contribution in [-0.2, 0) is 36.8 Å². The molecule has 1 heterocycles. The van der Waals surface area contributed by atoms with Crippen LogP contribution >= 0.6 is 0 Å². The average Bonchev–Trinajstić information content (AvgIpc) is 3.21. The van der Waals surface area contributed by atoms with E-state index in [0.717, 1.165) is 5.56 Å². The highest BCUT2D eigenvalue weighted by Crippen LogP contribution is 2.17. The lowest BCUT2D eigenvalue weighted by molar-refractivity contribution is -0.170. The van der Waals surface area contributed by atoms with Crippen molar-refractivity contribution in [1.82, 2.24) is 15.3 Å². The van der Waals surface area contributed by atoms with Crippen LogP contribution in [0.25, 0.3) is 0 Å². The van der Waals surface area contributed by atoms with Crippen LogP contribution in [0.1, 0.15) is 46.0 Å². The van der Waals surface area contributed by atoms with Crippen LogP contribution in [0.4, 0.5) is 4.79 Å². The van der Waals surface area contributed by atoms with E-state index < -0.39 is 35.2 Å². The lowest BCUT2D eigenvalue weighted by Crippen LogP contribution is -2.45. The first kappa shape index (κ1) is 24.9. The number of ether oxygens (including phenoxy) is 3. The number of imidazole rings is 1. The Balaban J connectivity index is 2.01. The Morgan fingerprint density at radius 1 is 1.03 bits per heavy atom. The van der Waals surface area contributed by atoms with Crippen LogP contribution in [0.5, 0.6) is 0 Å². The summed E-state index contributed by atoms with van der Waals surface area (Å²) in [4.78, 5) is 44.5. The van der Waals surface area contributed by atoms with Gasteiger partial charge in [0.2, 0.25) is 0 Å². The third kappa shape index (κ3) is 8.79. The number of rotatable bonds is 9. The number of hydrogen-bond acceptors (Lipinski definition) is 7. The zero-order chi connectivity index (χ0) is 23.8. The summed E-state index contributed by atoms with van der Waals surface area (Å²) in [5, 5.41) is 2.57. The zero-order valence-electron chi connectivity index (χ0n) is 19.1. The highest BCUT2D eigenvalue weighted by Gasteiger charge is 2.35. The highest BCUT2D eigenvalue weighted by molar-refractivity contribution is 5.95. The SMILES string of the molecule is CC(C)(C)OC(=O)NCC(C)(C)OC(=O)C(Cc1ncc[nH]1)C(=O)OCc1ccccc1. The fourth-order valence-electron chi connectivity index (χ4n) is 2.67. The molecule has 9 heteroatoms. The molecule has 1 amide bonds. The summed E-state index contributed by atoms with van der Waals surface area (Å²) in [6, 6.07) is 9.16. The van der Waals surface area contributed by atoms with Crippen molar-refractivity contribution in [2.24, 2.45) is 5.92 Å². The lowest BCUT2D eigenvalue weighted by Gasteiger charge is -2.28. The molecule has 32 heavy (non-hydrogen) atoms. The van der Waals surface area contributed by atoms with E-state index >= 15 is 0 Å². The number of aromatic amines is 1. The lowest BCUT2D eigenvalue weighted by atomic mass is 10.0. The van der Waals surface area contributed by atoms with Gasteiger partial charge in [-0.3, -0.25) is 9.59 Å². The van der Waals surface area contributed by atoms with Gasteiger partial charge >= 0.3 is 18.0 Å². The second kappa shape index (κ2) is 10.8. The van der Waals surface area contributed by atoms with Crippen molar-refractivity contribution < 1.29 is 28.6 Å². The first-order valence-corrected chi connectivity index (χ1v) is 10.3. The Labute approximate surface area is 187 Å². The van der Waals surface area contributed by atoms with Gasteiger partial charge in [-0.1, -0.05) is 30.3 Å². The largest absolute Gasteiger partial charge is 0.460 e. The molecule has 0 saturated carbocycles. The molecule has 9 nitrogen and oxygen atoms in total. The van der Waals surface area contributed by atoms with Gasteiger partial charge in [-0.25, -0.2) is 9.78 Å². The molecule has 174 valence electrons. The minimum atomic E-state index is -1.22. The van der Waals surface area contributed by atoms with Gasteiger partial charge in [0.25, 0.3) is 0 Å². The third-order valence-corrected chi connectivity index (χ3v) is 4.18. The van der Waals surface area contributed by atoms with Crippen LogP contribution in [-0.4, -0.2) is 45.7 Å². The van der Waals surface area contributed by atoms with Crippen molar-refractivity contribution >= 4 is 18.0 Å². The van der Waals surface area contributed by atoms with E-state index in [4.69, 9.17) is 14.2 Å².